The molecule has 3 N–H and O–H groups in total. The third-order valence-electron chi connectivity index (χ3n) is 4.58. The second kappa shape index (κ2) is 9.38. The van der Waals surface area contributed by atoms with E-state index in [9.17, 15) is 4.79 Å². The maximum atomic E-state index is 12.2. The molecule has 0 bridgehead atoms. The predicted octanol–water partition coefficient (Wildman–Crippen LogP) is 3.47. The molecule has 0 aromatic carbocycles. The van der Waals surface area contributed by atoms with E-state index in [1.165, 1.54) is 32.1 Å². The number of hydrogen-bond acceptors (Lipinski definition) is 2. The van der Waals surface area contributed by atoms with Gasteiger partial charge in [0, 0.05) is 12.6 Å². The lowest BCUT2D eigenvalue weighted by Crippen LogP contribution is -2.47. The molecule has 0 radical (unpaired) electrons. The summed E-state index contributed by atoms with van der Waals surface area (Å²) in [6.45, 7) is 7.52. The fourth-order valence-corrected chi connectivity index (χ4v) is 3.27. The van der Waals surface area contributed by atoms with E-state index in [0.29, 0.717) is 5.92 Å². The molecule has 3 atom stereocenters. The van der Waals surface area contributed by atoms with E-state index in [-0.39, 0.29) is 17.9 Å². The first-order valence-corrected chi connectivity index (χ1v) is 8.55. The van der Waals surface area contributed by atoms with Crippen LogP contribution in [0.4, 0.5) is 0 Å². The fraction of sp³-hybridized carbons (Fsp3) is 0.941. The van der Waals surface area contributed by atoms with Crippen molar-refractivity contribution in [1.82, 2.24) is 5.32 Å². The summed E-state index contributed by atoms with van der Waals surface area (Å²) < 4.78 is 0. The standard InChI is InChI=1S/C17H34N2O/c1-13(2)9-6-4-5-7-12-19-17(20)16-14(3)10-8-11-15(16)18/h13-16H,4-12,18H2,1-3H3,(H,19,20). The topological polar surface area (TPSA) is 55.1 Å². The van der Waals surface area contributed by atoms with Crippen molar-refractivity contribution in [3.63, 3.8) is 0 Å². The minimum Gasteiger partial charge on any atom is -0.356 e. The van der Waals surface area contributed by atoms with Gasteiger partial charge < -0.3 is 11.1 Å². The summed E-state index contributed by atoms with van der Waals surface area (Å²) in [6.07, 6.45) is 9.55. The van der Waals surface area contributed by atoms with Crippen molar-refractivity contribution < 1.29 is 4.79 Å². The quantitative estimate of drug-likeness (QED) is 0.670. The first-order valence-electron chi connectivity index (χ1n) is 8.55. The van der Waals surface area contributed by atoms with E-state index >= 15 is 0 Å². The molecule has 3 unspecified atom stereocenters. The zero-order valence-corrected chi connectivity index (χ0v) is 13.7. The Balaban J connectivity index is 2.10. The molecular formula is C17H34N2O. The normalized spacial score (nSPS) is 26.8. The molecule has 0 aromatic rings. The molecule has 3 nitrogen and oxygen atoms in total. The Kier molecular flexibility index (Phi) is 8.20. The zero-order valence-electron chi connectivity index (χ0n) is 13.7. The van der Waals surface area contributed by atoms with Crippen LogP contribution in [0.2, 0.25) is 0 Å². The number of hydrogen-bond donors (Lipinski definition) is 2. The van der Waals surface area contributed by atoms with Crippen LogP contribution in [0.15, 0.2) is 0 Å². The maximum absolute atomic E-state index is 12.2. The van der Waals surface area contributed by atoms with Crippen LogP contribution in [0.1, 0.15) is 72.1 Å². The van der Waals surface area contributed by atoms with E-state index in [1.807, 2.05) is 0 Å². The Hall–Kier alpha value is -0.570. The Morgan fingerprint density at radius 3 is 2.55 bits per heavy atom. The van der Waals surface area contributed by atoms with Crippen LogP contribution >= 0.6 is 0 Å². The minimum atomic E-state index is 0.0321. The second-order valence-electron chi connectivity index (χ2n) is 6.99. The van der Waals surface area contributed by atoms with Crippen LogP contribution in [-0.2, 0) is 4.79 Å². The Bertz CT molecular complexity index is 268. The SMILES string of the molecule is CC(C)CCCCCCNC(=O)C1C(C)CCCC1N. The van der Waals surface area contributed by atoms with Gasteiger partial charge in [-0.15, -0.1) is 0 Å². The van der Waals surface area contributed by atoms with Crippen molar-refractivity contribution in [3.05, 3.63) is 0 Å². The van der Waals surface area contributed by atoms with E-state index in [0.717, 1.165) is 31.7 Å². The Morgan fingerprint density at radius 1 is 1.20 bits per heavy atom. The summed E-state index contributed by atoms with van der Waals surface area (Å²) in [4.78, 5) is 12.2. The highest BCUT2D eigenvalue weighted by atomic mass is 16.1. The van der Waals surface area contributed by atoms with E-state index in [4.69, 9.17) is 5.73 Å². The predicted molar refractivity (Wildman–Crippen MR) is 85.4 cm³/mol. The first-order chi connectivity index (χ1) is 9.52. The maximum Gasteiger partial charge on any atom is 0.224 e. The highest BCUT2D eigenvalue weighted by molar-refractivity contribution is 5.79. The van der Waals surface area contributed by atoms with Gasteiger partial charge in [0.25, 0.3) is 0 Å². The van der Waals surface area contributed by atoms with Crippen molar-refractivity contribution in [2.75, 3.05) is 6.54 Å². The highest BCUT2D eigenvalue weighted by Crippen LogP contribution is 2.28. The van der Waals surface area contributed by atoms with Crippen LogP contribution < -0.4 is 11.1 Å². The van der Waals surface area contributed by atoms with Gasteiger partial charge in [-0.2, -0.15) is 0 Å². The van der Waals surface area contributed by atoms with Crippen LogP contribution in [0.5, 0.6) is 0 Å². The van der Waals surface area contributed by atoms with Crippen LogP contribution in [-0.4, -0.2) is 18.5 Å². The second-order valence-corrected chi connectivity index (χ2v) is 6.99. The molecule has 0 heterocycles. The van der Waals surface area contributed by atoms with E-state index < -0.39 is 0 Å². The number of unbranched alkanes of at least 4 members (excludes halogenated alkanes) is 3. The van der Waals surface area contributed by atoms with Crippen molar-refractivity contribution in [2.45, 2.75) is 78.2 Å². The van der Waals surface area contributed by atoms with Gasteiger partial charge in [-0.1, -0.05) is 52.9 Å². The minimum absolute atomic E-state index is 0.0321. The van der Waals surface area contributed by atoms with Gasteiger partial charge in [0.2, 0.25) is 5.91 Å². The Morgan fingerprint density at radius 2 is 1.90 bits per heavy atom. The summed E-state index contributed by atoms with van der Waals surface area (Å²) in [6, 6.07) is 0.0600. The number of nitrogens with two attached hydrogens (primary N) is 1. The summed E-state index contributed by atoms with van der Waals surface area (Å²) >= 11 is 0. The summed E-state index contributed by atoms with van der Waals surface area (Å²) in [5.74, 6) is 1.46. The summed E-state index contributed by atoms with van der Waals surface area (Å²) in [7, 11) is 0. The number of amides is 1. The van der Waals surface area contributed by atoms with E-state index in [2.05, 4.69) is 26.1 Å². The van der Waals surface area contributed by atoms with Crippen molar-refractivity contribution in [3.8, 4) is 0 Å². The van der Waals surface area contributed by atoms with E-state index in [1.54, 1.807) is 0 Å². The third-order valence-corrected chi connectivity index (χ3v) is 4.58. The molecule has 1 aliphatic carbocycles. The molecular weight excluding hydrogens is 248 g/mol. The van der Waals surface area contributed by atoms with Gasteiger partial charge in [0.1, 0.15) is 0 Å². The van der Waals surface area contributed by atoms with Crippen LogP contribution in [0, 0.1) is 17.8 Å². The number of rotatable bonds is 8. The molecule has 1 rings (SSSR count). The molecule has 1 fully saturated rings. The lowest BCUT2D eigenvalue weighted by atomic mass is 9.76. The number of carbonyl (C=O) groups is 1. The highest BCUT2D eigenvalue weighted by Gasteiger charge is 2.33. The number of nitrogens with one attached hydrogen (secondary N) is 1. The number of carbonyl (C=O) groups excluding carboxylic acids is 1. The fourth-order valence-electron chi connectivity index (χ4n) is 3.27. The average molecular weight is 282 g/mol. The van der Waals surface area contributed by atoms with Gasteiger partial charge in [0.15, 0.2) is 0 Å². The molecule has 0 aromatic heterocycles. The Labute approximate surface area is 125 Å². The van der Waals surface area contributed by atoms with Crippen molar-refractivity contribution >= 4 is 5.91 Å². The average Bonchev–Trinajstić information content (AvgIpc) is 2.37. The van der Waals surface area contributed by atoms with Crippen molar-refractivity contribution in [2.24, 2.45) is 23.5 Å². The smallest absolute Gasteiger partial charge is 0.224 e. The van der Waals surface area contributed by atoms with Crippen molar-refractivity contribution in [1.29, 1.82) is 0 Å². The molecule has 20 heavy (non-hydrogen) atoms. The summed E-state index contributed by atoms with van der Waals surface area (Å²) in [5, 5.41) is 3.09. The van der Waals surface area contributed by atoms with Crippen LogP contribution in [0.25, 0.3) is 0 Å². The largest absolute Gasteiger partial charge is 0.356 e. The van der Waals surface area contributed by atoms with Gasteiger partial charge in [-0.05, 0) is 31.1 Å². The molecule has 0 aliphatic heterocycles. The van der Waals surface area contributed by atoms with Gasteiger partial charge in [-0.25, -0.2) is 0 Å². The molecule has 118 valence electrons. The van der Waals surface area contributed by atoms with Gasteiger partial charge in [0.05, 0.1) is 5.92 Å². The van der Waals surface area contributed by atoms with Crippen LogP contribution in [0.3, 0.4) is 0 Å². The molecule has 1 saturated carbocycles. The monoisotopic (exact) mass is 282 g/mol. The molecule has 0 saturated heterocycles. The first kappa shape index (κ1) is 17.5. The zero-order chi connectivity index (χ0) is 15.0. The third kappa shape index (κ3) is 6.25. The van der Waals surface area contributed by atoms with Gasteiger partial charge >= 0.3 is 0 Å². The lowest BCUT2D eigenvalue weighted by Gasteiger charge is -2.33. The molecule has 3 heteroatoms. The summed E-state index contributed by atoms with van der Waals surface area (Å²) in [5.41, 5.74) is 6.11. The lowest BCUT2D eigenvalue weighted by molar-refractivity contribution is -0.128. The molecule has 1 aliphatic rings. The van der Waals surface area contributed by atoms with Gasteiger partial charge in [-0.3, -0.25) is 4.79 Å². The molecule has 1 amide bonds. The molecule has 0 spiro atoms.